The van der Waals surface area contributed by atoms with Crippen LogP contribution in [0, 0.1) is 6.92 Å². The second-order valence-electron chi connectivity index (χ2n) is 6.68. The highest BCUT2D eigenvalue weighted by Gasteiger charge is 2.46. The molecule has 2 aliphatic heterocycles. The van der Waals surface area contributed by atoms with E-state index in [4.69, 9.17) is 19.6 Å². The first-order valence-corrected chi connectivity index (χ1v) is 10.2. The molecule has 0 saturated carbocycles. The van der Waals surface area contributed by atoms with Crippen molar-refractivity contribution in [2.75, 3.05) is 13.1 Å². The smallest absolute Gasteiger partial charge is 0.207 e. The first-order chi connectivity index (χ1) is 13.0. The SMILES string of the molecule is Cc1ccccc1C1OOC2(CCN(S(=O)(=O)c3ccccc3)CC2)OO1. The van der Waals surface area contributed by atoms with Crippen molar-refractivity contribution in [2.45, 2.75) is 36.7 Å². The number of piperidine rings is 1. The molecule has 0 aromatic heterocycles. The summed E-state index contributed by atoms with van der Waals surface area (Å²) in [6, 6.07) is 16.0. The van der Waals surface area contributed by atoms with Crippen LogP contribution in [0.15, 0.2) is 59.5 Å². The molecule has 2 aromatic carbocycles. The lowest BCUT2D eigenvalue weighted by Crippen LogP contribution is -2.51. The van der Waals surface area contributed by atoms with Gasteiger partial charge in [0.2, 0.25) is 22.1 Å². The average Bonchev–Trinajstić information content (AvgIpc) is 2.70. The minimum atomic E-state index is -3.54. The number of aryl methyl sites for hydroxylation is 1. The standard InChI is InChI=1S/C19H21NO6S/c1-15-7-5-6-10-17(15)18-23-25-19(26-24-18)11-13-20(14-12-19)27(21,22)16-8-3-2-4-9-16/h2-10,18H,11-14H2,1H3. The maximum absolute atomic E-state index is 12.7. The van der Waals surface area contributed by atoms with Crippen molar-refractivity contribution in [3.05, 3.63) is 65.7 Å². The molecule has 2 saturated heterocycles. The van der Waals surface area contributed by atoms with Crippen LogP contribution in [0.5, 0.6) is 0 Å². The summed E-state index contributed by atoms with van der Waals surface area (Å²) >= 11 is 0. The third-order valence-electron chi connectivity index (χ3n) is 4.88. The van der Waals surface area contributed by atoms with Crippen LogP contribution in [-0.4, -0.2) is 31.6 Å². The van der Waals surface area contributed by atoms with E-state index in [0.717, 1.165) is 11.1 Å². The lowest BCUT2D eigenvalue weighted by atomic mass is 10.1. The van der Waals surface area contributed by atoms with E-state index in [1.165, 1.54) is 4.31 Å². The fourth-order valence-electron chi connectivity index (χ4n) is 3.22. The fourth-order valence-corrected chi connectivity index (χ4v) is 4.69. The van der Waals surface area contributed by atoms with Crippen LogP contribution in [-0.2, 0) is 29.6 Å². The number of sulfonamides is 1. The van der Waals surface area contributed by atoms with Gasteiger partial charge in [-0.15, -0.1) is 0 Å². The molecular weight excluding hydrogens is 370 g/mol. The molecule has 2 fully saturated rings. The van der Waals surface area contributed by atoms with Crippen molar-refractivity contribution in [1.29, 1.82) is 0 Å². The van der Waals surface area contributed by atoms with E-state index in [2.05, 4.69) is 0 Å². The Bertz CT molecular complexity index is 883. The van der Waals surface area contributed by atoms with Gasteiger partial charge in [0.05, 0.1) is 4.90 Å². The highest BCUT2D eigenvalue weighted by molar-refractivity contribution is 7.89. The molecule has 8 heteroatoms. The van der Waals surface area contributed by atoms with Crippen LogP contribution in [0.1, 0.15) is 30.3 Å². The number of hydrogen-bond donors (Lipinski definition) is 0. The third-order valence-corrected chi connectivity index (χ3v) is 6.80. The summed E-state index contributed by atoms with van der Waals surface area (Å²) in [4.78, 5) is 22.2. The fraction of sp³-hybridized carbons (Fsp3) is 0.368. The Morgan fingerprint density at radius 3 is 2.15 bits per heavy atom. The Morgan fingerprint density at radius 1 is 0.926 bits per heavy atom. The van der Waals surface area contributed by atoms with Crippen molar-refractivity contribution >= 4 is 10.0 Å². The van der Waals surface area contributed by atoms with Crippen LogP contribution in [0.3, 0.4) is 0 Å². The zero-order chi connectivity index (χ0) is 18.9. The van der Waals surface area contributed by atoms with E-state index in [0.29, 0.717) is 12.8 Å². The van der Waals surface area contributed by atoms with Gasteiger partial charge in [-0.05, 0) is 24.6 Å². The Balaban J connectivity index is 1.39. The molecule has 1 spiro atoms. The minimum absolute atomic E-state index is 0.249. The van der Waals surface area contributed by atoms with Gasteiger partial charge in [-0.25, -0.2) is 8.42 Å². The van der Waals surface area contributed by atoms with Gasteiger partial charge in [0.15, 0.2) is 0 Å². The molecule has 144 valence electrons. The Hall–Kier alpha value is -1.81. The first-order valence-electron chi connectivity index (χ1n) is 8.80. The zero-order valence-electron chi connectivity index (χ0n) is 14.9. The van der Waals surface area contributed by atoms with Crippen LogP contribution in [0.25, 0.3) is 0 Å². The summed E-state index contributed by atoms with van der Waals surface area (Å²) in [7, 11) is -3.54. The number of hydrogen-bond acceptors (Lipinski definition) is 6. The van der Waals surface area contributed by atoms with E-state index in [1.54, 1.807) is 30.3 Å². The highest BCUT2D eigenvalue weighted by atomic mass is 32.2. The normalized spacial score (nSPS) is 21.4. The summed E-state index contributed by atoms with van der Waals surface area (Å²) in [5.41, 5.74) is 1.81. The zero-order valence-corrected chi connectivity index (χ0v) is 15.7. The molecule has 0 aliphatic carbocycles. The predicted octanol–water partition coefficient (Wildman–Crippen LogP) is 3.08. The van der Waals surface area contributed by atoms with Crippen molar-refractivity contribution in [1.82, 2.24) is 4.31 Å². The Kier molecular flexibility index (Phi) is 5.02. The molecule has 0 unspecified atom stereocenters. The lowest BCUT2D eigenvalue weighted by Gasteiger charge is -2.41. The van der Waals surface area contributed by atoms with Crippen molar-refractivity contribution in [2.24, 2.45) is 0 Å². The third kappa shape index (κ3) is 3.64. The maximum Gasteiger partial charge on any atom is 0.250 e. The van der Waals surface area contributed by atoms with Crippen LogP contribution in [0.2, 0.25) is 0 Å². The summed E-state index contributed by atoms with van der Waals surface area (Å²) < 4.78 is 26.9. The minimum Gasteiger partial charge on any atom is -0.207 e. The number of benzene rings is 2. The maximum atomic E-state index is 12.7. The van der Waals surface area contributed by atoms with Gasteiger partial charge in [0.1, 0.15) is 0 Å². The number of nitrogens with zero attached hydrogens (tertiary/aromatic N) is 1. The van der Waals surface area contributed by atoms with Gasteiger partial charge in [0, 0.05) is 31.5 Å². The predicted molar refractivity (Wildman–Crippen MR) is 95.4 cm³/mol. The summed E-state index contributed by atoms with van der Waals surface area (Å²) in [5.74, 6) is -1.10. The van der Waals surface area contributed by atoms with E-state index >= 15 is 0 Å². The molecule has 2 aliphatic rings. The molecule has 0 bridgehead atoms. The Morgan fingerprint density at radius 2 is 1.52 bits per heavy atom. The van der Waals surface area contributed by atoms with E-state index < -0.39 is 22.1 Å². The molecule has 27 heavy (non-hydrogen) atoms. The molecule has 0 N–H and O–H groups in total. The van der Waals surface area contributed by atoms with Crippen LogP contribution >= 0.6 is 0 Å². The quantitative estimate of drug-likeness (QED) is 0.749. The monoisotopic (exact) mass is 391 g/mol. The number of rotatable bonds is 3. The first kappa shape index (κ1) is 18.5. The van der Waals surface area contributed by atoms with E-state index in [1.807, 2.05) is 31.2 Å². The molecule has 7 nitrogen and oxygen atoms in total. The van der Waals surface area contributed by atoms with E-state index in [-0.39, 0.29) is 18.0 Å². The van der Waals surface area contributed by atoms with Crippen molar-refractivity contribution in [3.63, 3.8) is 0 Å². The summed E-state index contributed by atoms with van der Waals surface area (Å²) in [6.45, 7) is 2.44. The molecule has 0 atom stereocenters. The molecular formula is C19H21NO6S. The molecule has 2 heterocycles. The molecule has 4 rings (SSSR count). The lowest BCUT2D eigenvalue weighted by molar-refractivity contribution is -0.633. The second-order valence-corrected chi connectivity index (χ2v) is 8.61. The van der Waals surface area contributed by atoms with Gasteiger partial charge in [-0.3, -0.25) is 0 Å². The highest BCUT2D eigenvalue weighted by Crippen LogP contribution is 2.38. The largest absolute Gasteiger partial charge is 0.250 e. The summed E-state index contributed by atoms with van der Waals surface area (Å²) in [5, 5.41) is 0. The van der Waals surface area contributed by atoms with Crippen LogP contribution < -0.4 is 0 Å². The van der Waals surface area contributed by atoms with Crippen molar-refractivity contribution < 1.29 is 28.0 Å². The summed E-state index contributed by atoms with van der Waals surface area (Å²) in [6.07, 6.45) is -0.165. The van der Waals surface area contributed by atoms with E-state index in [9.17, 15) is 8.42 Å². The molecule has 0 radical (unpaired) electrons. The van der Waals surface area contributed by atoms with Gasteiger partial charge >= 0.3 is 0 Å². The van der Waals surface area contributed by atoms with Crippen LogP contribution in [0.4, 0.5) is 0 Å². The Labute approximate surface area is 158 Å². The molecule has 2 aromatic rings. The van der Waals surface area contributed by atoms with Crippen molar-refractivity contribution in [3.8, 4) is 0 Å². The average molecular weight is 391 g/mol. The second kappa shape index (κ2) is 7.31. The molecule has 0 amide bonds. The van der Waals surface area contributed by atoms with Gasteiger partial charge < -0.3 is 0 Å². The topological polar surface area (TPSA) is 74.3 Å². The van der Waals surface area contributed by atoms with Gasteiger partial charge in [-0.1, -0.05) is 42.5 Å². The van der Waals surface area contributed by atoms with Gasteiger partial charge in [0.25, 0.3) is 0 Å². The van der Waals surface area contributed by atoms with Gasteiger partial charge in [-0.2, -0.15) is 23.9 Å².